The van der Waals surface area contributed by atoms with Gasteiger partial charge in [-0.15, -0.1) is 0 Å². The Bertz CT molecular complexity index is 823. The van der Waals surface area contributed by atoms with Crippen LogP contribution >= 0.6 is 0 Å². The van der Waals surface area contributed by atoms with Gasteiger partial charge in [-0.25, -0.2) is 9.97 Å². The highest BCUT2D eigenvalue weighted by Crippen LogP contribution is 2.26. The number of amides is 1. The Morgan fingerprint density at radius 3 is 2.64 bits per heavy atom. The fourth-order valence-electron chi connectivity index (χ4n) is 3.64. The molecule has 1 amide bonds. The molecule has 3 heterocycles. The van der Waals surface area contributed by atoms with Crippen LogP contribution in [0.2, 0.25) is 0 Å². The van der Waals surface area contributed by atoms with E-state index in [4.69, 9.17) is 0 Å². The molecule has 0 aromatic carbocycles. The summed E-state index contributed by atoms with van der Waals surface area (Å²) in [6.45, 7) is 7.95. The summed E-state index contributed by atoms with van der Waals surface area (Å²) < 4.78 is 0. The van der Waals surface area contributed by atoms with E-state index in [0.29, 0.717) is 12.1 Å². The maximum absolute atomic E-state index is 12.3. The van der Waals surface area contributed by atoms with E-state index in [0.717, 1.165) is 43.0 Å². The third-order valence-electron chi connectivity index (χ3n) is 5.40. The maximum Gasteiger partial charge on any atom is 0.291 e. The van der Waals surface area contributed by atoms with E-state index in [1.807, 2.05) is 26.2 Å². The van der Waals surface area contributed by atoms with Gasteiger partial charge in [-0.2, -0.15) is 0 Å². The Kier molecular flexibility index (Phi) is 6.24. The van der Waals surface area contributed by atoms with Crippen molar-refractivity contribution in [2.45, 2.75) is 45.7 Å². The molecule has 28 heavy (non-hydrogen) atoms. The van der Waals surface area contributed by atoms with Crippen LogP contribution in [0, 0.1) is 13.8 Å². The zero-order valence-corrected chi connectivity index (χ0v) is 17.4. The molecule has 1 N–H and O–H groups in total. The zero-order chi connectivity index (χ0) is 20.3. The highest BCUT2D eigenvalue weighted by atomic mass is 16.2. The molecule has 0 radical (unpaired) electrons. The van der Waals surface area contributed by atoms with Gasteiger partial charge < -0.3 is 15.1 Å². The van der Waals surface area contributed by atoms with E-state index < -0.39 is 0 Å². The lowest BCUT2D eigenvalue weighted by atomic mass is 10.0. The number of carbonyl (C=O) groups is 1. The summed E-state index contributed by atoms with van der Waals surface area (Å²) in [6.07, 6.45) is 5.75. The van der Waals surface area contributed by atoms with E-state index >= 15 is 0 Å². The van der Waals surface area contributed by atoms with Crippen molar-refractivity contribution in [3.63, 3.8) is 0 Å². The normalized spacial score (nSPS) is 17.6. The maximum atomic E-state index is 12.3. The Hall–Kier alpha value is -2.54. The fourth-order valence-corrected chi connectivity index (χ4v) is 3.64. The van der Waals surface area contributed by atoms with Crippen LogP contribution in [0.4, 0.5) is 5.82 Å². The van der Waals surface area contributed by atoms with Gasteiger partial charge in [-0.05, 0) is 44.4 Å². The number of aromatic nitrogens is 3. The number of hydrogen-bond acceptors (Lipinski definition) is 6. The predicted octanol–water partition coefficient (Wildman–Crippen LogP) is 2.51. The van der Waals surface area contributed by atoms with Crippen molar-refractivity contribution in [3.05, 3.63) is 47.2 Å². The van der Waals surface area contributed by atoms with Gasteiger partial charge in [0, 0.05) is 62.9 Å². The Labute approximate surface area is 167 Å². The van der Waals surface area contributed by atoms with Crippen molar-refractivity contribution in [1.82, 2.24) is 25.2 Å². The van der Waals surface area contributed by atoms with Crippen LogP contribution in [-0.2, 0) is 0 Å². The molecular weight excluding hydrogens is 352 g/mol. The molecule has 2 atom stereocenters. The summed E-state index contributed by atoms with van der Waals surface area (Å²) in [6, 6.07) is 4.84. The Morgan fingerprint density at radius 1 is 1.29 bits per heavy atom. The minimum Gasteiger partial charge on any atom is -0.355 e. The summed E-state index contributed by atoms with van der Waals surface area (Å²) in [5, 5.41) is 3.78. The fraction of sp³-hybridized carbons (Fsp3) is 0.524. The van der Waals surface area contributed by atoms with Crippen LogP contribution in [0.3, 0.4) is 0 Å². The summed E-state index contributed by atoms with van der Waals surface area (Å²) >= 11 is 0. The molecule has 1 unspecified atom stereocenters. The van der Waals surface area contributed by atoms with Crippen LogP contribution in [0.25, 0.3) is 0 Å². The number of pyridine rings is 1. The lowest BCUT2D eigenvalue weighted by Crippen LogP contribution is -2.36. The van der Waals surface area contributed by atoms with E-state index in [1.165, 1.54) is 10.5 Å². The van der Waals surface area contributed by atoms with Gasteiger partial charge >= 0.3 is 0 Å². The molecule has 0 aliphatic carbocycles. The molecule has 2 aromatic rings. The second-order valence-electron chi connectivity index (χ2n) is 7.62. The largest absolute Gasteiger partial charge is 0.355 e. The summed E-state index contributed by atoms with van der Waals surface area (Å²) in [5.74, 6) is 0.976. The number of hydrogen-bond donors (Lipinski definition) is 1. The van der Waals surface area contributed by atoms with E-state index in [2.05, 4.69) is 44.2 Å². The van der Waals surface area contributed by atoms with Gasteiger partial charge in [0.2, 0.25) is 5.82 Å². The monoisotopic (exact) mass is 382 g/mol. The molecular formula is C21H30N6O. The average Bonchev–Trinajstić information content (AvgIpc) is 3.16. The minimum atomic E-state index is -0.165. The van der Waals surface area contributed by atoms with Gasteiger partial charge in [0.25, 0.3) is 5.91 Å². The molecule has 2 aromatic heterocycles. The van der Waals surface area contributed by atoms with Crippen LogP contribution in [0.5, 0.6) is 0 Å². The third-order valence-corrected chi connectivity index (χ3v) is 5.40. The first kappa shape index (κ1) is 20.2. The van der Waals surface area contributed by atoms with Crippen molar-refractivity contribution in [2.75, 3.05) is 32.1 Å². The molecule has 7 heteroatoms. The van der Waals surface area contributed by atoms with Gasteiger partial charge in [-0.1, -0.05) is 6.92 Å². The molecule has 150 valence electrons. The first-order valence-electron chi connectivity index (χ1n) is 9.88. The Morgan fingerprint density at radius 2 is 2.00 bits per heavy atom. The van der Waals surface area contributed by atoms with Crippen LogP contribution < -0.4 is 10.2 Å². The molecule has 3 rings (SSSR count). The summed E-state index contributed by atoms with van der Waals surface area (Å²) in [5.41, 5.74) is 3.16. The predicted molar refractivity (Wildman–Crippen MR) is 111 cm³/mol. The number of nitrogens with one attached hydrogen (secondary N) is 1. The number of anilines is 1. The first-order valence-corrected chi connectivity index (χ1v) is 9.88. The van der Waals surface area contributed by atoms with Crippen LogP contribution in [-0.4, -0.2) is 59.0 Å². The SMILES string of the molecule is CCC(N[C@@H]1CCN(c2nc(C(=O)N(C)C)nc(C)c2C)C1)c1ccncc1. The van der Waals surface area contributed by atoms with E-state index in [1.54, 1.807) is 14.1 Å². The minimum absolute atomic E-state index is 0.165. The van der Waals surface area contributed by atoms with Gasteiger partial charge in [0.1, 0.15) is 5.82 Å². The molecule has 0 saturated carbocycles. The van der Waals surface area contributed by atoms with Gasteiger partial charge in [0.05, 0.1) is 0 Å². The molecule has 1 fully saturated rings. The van der Waals surface area contributed by atoms with Crippen molar-refractivity contribution in [1.29, 1.82) is 0 Å². The number of aryl methyl sites for hydroxylation is 1. The topological polar surface area (TPSA) is 74.2 Å². The van der Waals surface area contributed by atoms with Crippen molar-refractivity contribution in [2.24, 2.45) is 0 Å². The van der Waals surface area contributed by atoms with Crippen molar-refractivity contribution >= 4 is 11.7 Å². The van der Waals surface area contributed by atoms with Gasteiger partial charge in [0.15, 0.2) is 0 Å². The average molecular weight is 383 g/mol. The molecule has 1 aliphatic heterocycles. The third kappa shape index (κ3) is 4.30. The molecule has 1 aliphatic rings. The summed E-state index contributed by atoms with van der Waals surface area (Å²) in [4.78, 5) is 29.3. The standard InChI is InChI=1S/C21H30N6O/c1-6-18(16-7-10-22-11-8-16)24-17-9-12-27(13-17)20-14(2)15(3)23-19(25-20)21(28)26(4)5/h7-8,10-11,17-18,24H,6,9,12-13H2,1-5H3/t17-,18?/m1/s1. The molecule has 0 spiro atoms. The highest BCUT2D eigenvalue weighted by molar-refractivity contribution is 5.90. The zero-order valence-electron chi connectivity index (χ0n) is 17.4. The van der Waals surface area contributed by atoms with Crippen molar-refractivity contribution in [3.8, 4) is 0 Å². The Balaban J connectivity index is 1.75. The van der Waals surface area contributed by atoms with Crippen LogP contribution in [0.15, 0.2) is 24.5 Å². The quantitative estimate of drug-likeness (QED) is 0.827. The number of carbonyl (C=O) groups excluding carboxylic acids is 1. The number of nitrogens with zero attached hydrogens (tertiary/aromatic N) is 5. The smallest absolute Gasteiger partial charge is 0.291 e. The van der Waals surface area contributed by atoms with Crippen LogP contribution in [0.1, 0.15) is 53.2 Å². The number of rotatable bonds is 6. The molecule has 1 saturated heterocycles. The lowest BCUT2D eigenvalue weighted by molar-refractivity contribution is 0.0815. The first-order chi connectivity index (χ1) is 13.4. The van der Waals surface area contributed by atoms with E-state index in [-0.39, 0.29) is 11.7 Å². The lowest BCUT2D eigenvalue weighted by Gasteiger charge is -2.24. The van der Waals surface area contributed by atoms with Gasteiger partial charge in [-0.3, -0.25) is 9.78 Å². The van der Waals surface area contributed by atoms with Crippen molar-refractivity contribution < 1.29 is 4.79 Å². The highest BCUT2D eigenvalue weighted by Gasteiger charge is 2.28. The molecule has 7 nitrogen and oxygen atoms in total. The second-order valence-corrected chi connectivity index (χ2v) is 7.62. The second kappa shape index (κ2) is 8.65. The van der Waals surface area contributed by atoms with E-state index in [9.17, 15) is 4.79 Å². The molecule has 0 bridgehead atoms. The summed E-state index contributed by atoms with van der Waals surface area (Å²) in [7, 11) is 3.45.